The molecule has 2 bridgehead atoms. The summed E-state index contributed by atoms with van der Waals surface area (Å²) in [6.07, 6.45) is 8.13. The molecule has 4 fully saturated rings. The average Bonchev–Trinajstić information content (AvgIpc) is 3.28. The minimum absolute atomic E-state index is 0.210. The van der Waals surface area contributed by atoms with Gasteiger partial charge in [-0.15, -0.1) is 0 Å². The molecule has 1 heterocycles. The number of rotatable bonds is 5. The van der Waals surface area contributed by atoms with Gasteiger partial charge in [-0.25, -0.2) is 0 Å². The maximum atomic E-state index is 11.7. The highest BCUT2D eigenvalue weighted by atomic mass is 16.6. The van der Waals surface area contributed by atoms with E-state index in [1.807, 2.05) is 12.1 Å². The molecule has 0 spiro atoms. The van der Waals surface area contributed by atoms with Crippen LogP contribution in [-0.2, 0) is 0 Å². The lowest BCUT2D eigenvalue weighted by Crippen LogP contribution is -2.47. The van der Waals surface area contributed by atoms with Gasteiger partial charge in [-0.2, -0.15) is 0 Å². The van der Waals surface area contributed by atoms with Crippen molar-refractivity contribution in [3.63, 3.8) is 0 Å². The van der Waals surface area contributed by atoms with Gasteiger partial charge in [0.1, 0.15) is 5.69 Å². The van der Waals surface area contributed by atoms with E-state index in [0.717, 1.165) is 49.6 Å². The molecule has 1 saturated heterocycles. The number of anilines is 2. The number of nitro groups is 1. The first-order chi connectivity index (χ1) is 14.0. The van der Waals surface area contributed by atoms with Crippen LogP contribution in [0.4, 0.5) is 17.1 Å². The molecule has 6 heteroatoms. The number of hydrogen-bond donors (Lipinski definition) is 1. The second-order valence-electron chi connectivity index (χ2n) is 10.1. The van der Waals surface area contributed by atoms with Crippen LogP contribution in [0.5, 0.6) is 0 Å². The number of fused-ring (bicyclic) bond motifs is 1. The Labute approximate surface area is 173 Å². The molecule has 158 valence electrons. The minimum Gasteiger partial charge on any atom is -0.376 e. The van der Waals surface area contributed by atoms with Crippen LogP contribution in [0, 0.1) is 33.3 Å². The molecule has 29 heavy (non-hydrogen) atoms. The van der Waals surface area contributed by atoms with Crippen LogP contribution < -0.4 is 10.2 Å². The molecule has 1 aromatic carbocycles. The van der Waals surface area contributed by atoms with E-state index in [1.165, 1.54) is 38.5 Å². The molecule has 5 rings (SSSR count). The zero-order valence-corrected chi connectivity index (χ0v) is 17.8. The molecule has 3 aliphatic carbocycles. The summed E-state index contributed by atoms with van der Waals surface area (Å²) in [6.45, 7) is 6.29. The molecule has 1 aliphatic heterocycles. The topological polar surface area (TPSA) is 61.6 Å². The molecule has 0 amide bonds. The highest BCUT2D eigenvalue weighted by Gasteiger charge is 2.59. The SMILES string of the molecule is C[C@@H](Nc1cc(N2CCN(C)CC2)ccc1[N+](=O)[O-])[C@@]12CCC[C@@H]3C[C@H](C[C@@H]31)C2. The van der Waals surface area contributed by atoms with Crippen molar-refractivity contribution in [3.05, 3.63) is 28.3 Å². The van der Waals surface area contributed by atoms with Gasteiger partial charge in [0.25, 0.3) is 5.69 Å². The fourth-order valence-electron chi connectivity index (χ4n) is 7.25. The highest BCUT2D eigenvalue weighted by Crippen LogP contribution is 2.66. The van der Waals surface area contributed by atoms with Crippen molar-refractivity contribution in [2.24, 2.45) is 23.2 Å². The summed E-state index contributed by atoms with van der Waals surface area (Å²) in [6, 6.07) is 5.93. The summed E-state index contributed by atoms with van der Waals surface area (Å²) in [5.41, 5.74) is 2.36. The zero-order valence-electron chi connectivity index (χ0n) is 17.8. The van der Waals surface area contributed by atoms with Crippen LogP contribution in [0.25, 0.3) is 0 Å². The summed E-state index contributed by atoms with van der Waals surface area (Å²) in [5, 5.41) is 15.4. The van der Waals surface area contributed by atoms with Crippen molar-refractivity contribution in [1.82, 2.24) is 4.90 Å². The first kappa shape index (κ1) is 19.2. The summed E-state index contributed by atoms with van der Waals surface area (Å²) in [5.74, 6) is 2.61. The summed E-state index contributed by atoms with van der Waals surface area (Å²) in [7, 11) is 2.15. The smallest absolute Gasteiger partial charge is 0.292 e. The number of piperazine rings is 1. The van der Waals surface area contributed by atoms with E-state index in [0.29, 0.717) is 11.1 Å². The fourth-order valence-corrected chi connectivity index (χ4v) is 7.25. The van der Waals surface area contributed by atoms with Gasteiger partial charge >= 0.3 is 0 Å². The summed E-state index contributed by atoms with van der Waals surface area (Å²) < 4.78 is 0. The Kier molecular flexibility index (Phi) is 4.72. The van der Waals surface area contributed by atoms with E-state index >= 15 is 0 Å². The van der Waals surface area contributed by atoms with E-state index in [1.54, 1.807) is 6.07 Å². The number of nitrogens with zero attached hydrogens (tertiary/aromatic N) is 3. The van der Waals surface area contributed by atoms with Gasteiger partial charge < -0.3 is 15.1 Å². The van der Waals surface area contributed by atoms with E-state index in [2.05, 4.69) is 29.1 Å². The Morgan fingerprint density at radius 3 is 2.76 bits per heavy atom. The molecule has 1 N–H and O–H groups in total. The average molecular weight is 399 g/mol. The largest absolute Gasteiger partial charge is 0.376 e. The van der Waals surface area contributed by atoms with Crippen molar-refractivity contribution >= 4 is 17.1 Å². The fraction of sp³-hybridized carbons (Fsp3) is 0.739. The third-order valence-electron chi connectivity index (χ3n) is 8.70. The summed E-state index contributed by atoms with van der Waals surface area (Å²) in [4.78, 5) is 16.2. The highest BCUT2D eigenvalue weighted by molar-refractivity contribution is 5.69. The molecule has 3 saturated carbocycles. The minimum atomic E-state index is -0.231. The lowest BCUT2D eigenvalue weighted by Gasteiger charge is -2.50. The quantitative estimate of drug-likeness (QED) is 0.590. The number of likely N-dealkylation sites (N-methyl/N-ethyl adjacent to an activating group) is 1. The first-order valence-corrected chi connectivity index (χ1v) is 11.4. The molecule has 5 atom stereocenters. The Morgan fingerprint density at radius 2 is 2.03 bits per heavy atom. The van der Waals surface area contributed by atoms with Crippen LogP contribution in [0.3, 0.4) is 0 Å². The molecule has 0 unspecified atom stereocenters. The molecule has 6 nitrogen and oxygen atoms in total. The van der Waals surface area contributed by atoms with Gasteiger partial charge in [0.2, 0.25) is 0 Å². The van der Waals surface area contributed by atoms with E-state index in [-0.39, 0.29) is 16.7 Å². The van der Waals surface area contributed by atoms with Crippen molar-refractivity contribution in [3.8, 4) is 0 Å². The maximum Gasteiger partial charge on any atom is 0.292 e. The van der Waals surface area contributed by atoms with Crippen LogP contribution in [0.2, 0.25) is 0 Å². The third kappa shape index (κ3) is 3.20. The second kappa shape index (κ2) is 7.15. The third-order valence-corrected chi connectivity index (χ3v) is 8.70. The van der Waals surface area contributed by atoms with Gasteiger partial charge in [-0.1, -0.05) is 12.8 Å². The molecular formula is C23H34N4O2. The zero-order chi connectivity index (χ0) is 20.2. The predicted molar refractivity (Wildman–Crippen MR) is 116 cm³/mol. The number of nitro benzene ring substituents is 1. The van der Waals surface area contributed by atoms with Crippen LogP contribution in [0.1, 0.15) is 45.4 Å². The standard InChI is InChI=1S/C23H34N4O2/c1-16(23-7-3-4-18-12-17(15-23)13-20(18)23)24-21-14-19(5-6-22(21)27(28)29)26-10-8-25(2)9-11-26/h5-6,14,16-18,20,24H,3-4,7-13,15H2,1-2H3/t16-,17-,18-,20+,23+/m1/s1. The number of nitrogens with one attached hydrogen (secondary N) is 1. The van der Waals surface area contributed by atoms with Gasteiger partial charge in [-0.05, 0) is 75.0 Å². The Hall–Kier alpha value is -1.82. The first-order valence-electron chi connectivity index (χ1n) is 11.4. The van der Waals surface area contributed by atoms with E-state index in [4.69, 9.17) is 0 Å². The molecule has 0 radical (unpaired) electrons. The predicted octanol–water partition coefficient (Wildman–Crippen LogP) is 4.36. The van der Waals surface area contributed by atoms with Crippen molar-refractivity contribution < 1.29 is 4.92 Å². The van der Waals surface area contributed by atoms with Crippen LogP contribution >= 0.6 is 0 Å². The van der Waals surface area contributed by atoms with Crippen molar-refractivity contribution in [2.45, 2.75) is 51.5 Å². The second-order valence-corrected chi connectivity index (χ2v) is 10.1. The normalized spacial score (nSPS) is 35.0. The van der Waals surface area contributed by atoms with E-state index < -0.39 is 0 Å². The lowest BCUT2D eigenvalue weighted by molar-refractivity contribution is -0.384. The number of benzene rings is 1. The van der Waals surface area contributed by atoms with Gasteiger partial charge in [0.15, 0.2) is 0 Å². The molecular weight excluding hydrogens is 364 g/mol. The van der Waals surface area contributed by atoms with Crippen LogP contribution in [-0.4, -0.2) is 49.1 Å². The molecule has 4 aliphatic rings. The number of hydrogen-bond acceptors (Lipinski definition) is 5. The maximum absolute atomic E-state index is 11.7. The molecule has 0 aromatic heterocycles. The van der Waals surface area contributed by atoms with Gasteiger partial charge in [0.05, 0.1) is 4.92 Å². The molecule has 1 aromatic rings. The Balaban J connectivity index is 1.41. The van der Waals surface area contributed by atoms with Gasteiger partial charge in [0, 0.05) is 44.0 Å². The van der Waals surface area contributed by atoms with Crippen molar-refractivity contribution in [2.75, 3.05) is 43.4 Å². The Bertz CT molecular complexity index is 791. The van der Waals surface area contributed by atoms with E-state index in [9.17, 15) is 10.1 Å². The van der Waals surface area contributed by atoms with Crippen LogP contribution in [0.15, 0.2) is 18.2 Å². The summed E-state index contributed by atoms with van der Waals surface area (Å²) >= 11 is 0. The monoisotopic (exact) mass is 398 g/mol. The lowest BCUT2D eigenvalue weighted by atomic mass is 9.58. The van der Waals surface area contributed by atoms with Crippen molar-refractivity contribution in [1.29, 1.82) is 0 Å². The van der Waals surface area contributed by atoms with Gasteiger partial charge in [-0.3, -0.25) is 10.1 Å². The Morgan fingerprint density at radius 1 is 1.24 bits per heavy atom.